The Balaban J connectivity index is 2.29. The predicted molar refractivity (Wildman–Crippen MR) is 89.7 cm³/mol. The average molecular weight is 324 g/mol. The number of ether oxygens (including phenoxy) is 1. The zero-order chi connectivity index (χ0) is 15.4. The molecule has 0 saturated carbocycles. The molecule has 0 bridgehead atoms. The Kier molecular flexibility index (Phi) is 5.51. The molecule has 1 N–H and O–H groups in total. The van der Waals surface area contributed by atoms with E-state index < -0.39 is 0 Å². The van der Waals surface area contributed by atoms with E-state index in [4.69, 9.17) is 27.9 Å². The van der Waals surface area contributed by atoms with Crippen molar-refractivity contribution < 1.29 is 4.74 Å². The van der Waals surface area contributed by atoms with Gasteiger partial charge in [0.15, 0.2) is 0 Å². The molecule has 112 valence electrons. The quantitative estimate of drug-likeness (QED) is 0.774. The third-order valence-corrected chi connectivity index (χ3v) is 3.57. The summed E-state index contributed by atoms with van der Waals surface area (Å²) in [5.41, 5.74) is 2.09. The van der Waals surface area contributed by atoms with Gasteiger partial charge in [-0.25, -0.2) is 0 Å². The molecule has 2 nitrogen and oxygen atoms in total. The number of benzene rings is 2. The molecular formula is C17H19Cl2NO. The monoisotopic (exact) mass is 323 g/mol. The molecule has 21 heavy (non-hydrogen) atoms. The van der Waals surface area contributed by atoms with Gasteiger partial charge in [-0.2, -0.15) is 0 Å². The van der Waals surface area contributed by atoms with Gasteiger partial charge >= 0.3 is 0 Å². The summed E-state index contributed by atoms with van der Waals surface area (Å²) >= 11 is 12.1. The molecule has 0 atom stereocenters. The highest BCUT2D eigenvalue weighted by Crippen LogP contribution is 2.32. The fourth-order valence-corrected chi connectivity index (χ4v) is 2.21. The van der Waals surface area contributed by atoms with Gasteiger partial charge in [0, 0.05) is 28.2 Å². The van der Waals surface area contributed by atoms with Crippen molar-refractivity contribution in [3.05, 3.63) is 57.6 Å². The van der Waals surface area contributed by atoms with Crippen LogP contribution >= 0.6 is 23.2 Å². The second kappa shape index (κ2) is 7.17. The topological polar surface area (TPSA) is 21.3 Å². The molecule has 0 radical (unpaired) electrons. The average Bonchev–Trinajstić information content (AvgIpc) is 2.42. The van der Waals surface area contributed by atoms with E-state index in [1.165, 1.54) is 0 Å². The van der Waals surface area contributed by atoms with E-state index in [1.54, 1.807) is 0 Å². The van der Waals surface area contributed by atoms with Gasteiger partial charge in [-0.05, 0) is 36.8 Å². The molecule has 0 amide bonds. The van der Waals surface area contributed by atoms with Crippen molar-refractivity contribution in [1.29, 1.82) is 0 Å². The molecule has 0 fully saturated rings. The zero-order valence-corrected chi connectivity index (χ0v) is 13.9. The molecule has 0 spiro atoms. The van der Waals surface area contributed by atoms with Crippen molar-refractivity contribution in [2.45, 2.75) is 33.4 Å². The van der Waals surface area contributed by atoms with Crippen molar-refractivity contribution in [1.82, 2.24) is 5.32 Å². The summed E-state index contributed by atoms with van der Waals surface area (Å²) in [7, 11) is 0. The van der Waals surface area contributed by atoms with E-state index in [2.05, 4.69) is 19.2 Å². The number of hydrogen-bond acceptors (Lipinski definition) is 2. The number of nitrogens with one attached hydrogen (secondary N) is 1. The summed E-state index contributed by atoms with van der Waals surface area (Å²) in [6.07, 6.45) is 0. The van der Waals surface area contributed by atoms with Gasteiger partial charge in [-0.15, -0.1) is 0 Å². The van der Waals surface area contributed by atoms with Crippen LogP contribution in [0.2, 0.25) is 10.0 Å². The number of rotatable bonds is 5. The van der Waals surface area contributed by atoms with E-state index in [0.29, 0.717) is 16.1 Å². The van der Waals surface area contributed by atoms with E-state index in [1.807, 2.05) is 43.3 Å². The molecule has 0 unspecified atom stereocenters. The summed E-state index contributed by atoms with van der Waals surface area (Å²) in [4.78, 5) is 0. The van der Waals surface area contributed by atoms with Crippen LogP contribution in [0.4, 0.5) is 0 Å². The fraction of sp³-hybridized carbons (Fsp3) is 0.294. The van der Waals surface area contributed by atoms with Gasteiger partial charge in [0.25, 0.3) is 0 Å². The molecule has 0 aromatic heterocycles. The Morgan fingerprint density at radius 3 is 2.29 bits per heavy atom. The highest BCUT2D eigenvalue weighted by atomic mass is 35.5. The molecule has 2 aromatic rings. The van der Waals surface area contributed by atoms with Gasteiger partial charge in [0.1, 0.15) is 11.5 Å². The maximum atomic E-state index is 6.09. The van der Waals surface area contributed by atoms with Gasteiger partial charge in [-0.3, -0.25) is 0 Å². The van der Waals surface area contributed by atoms with Crippen LogP contribution in [-0.4, -0.2) is 6.04 Å². The Hall–Kier alpha value is -1.22. The molecule has 0 heterocycles. The molecular weight excluding hydrogens is 305 g/mol. The predicted octanol–water partition coefficient (Wildman–Crippen LogP) is 5.59. The van der Waals surface area contributed by atoms with Crippen molar-refractivity contribution in [2.24, 2.45) is 0 Å². The van der Waals surface area contributed by atoms with Gasteiger partial charge in [0.05, 0.1) is 0 Å². The van der Waals surface area contributed by atoms with Crippen molar-refractivity contribution in [3.63, 3.8) is 0 Å². The number of halogens is 2. The number of aryl methyl sites for hydroxylation is 1. The van der Waals surface area contributed by atoms with Gasteiger partial charge in [0.2, 0.25) is 0 Å². The maximum Gasteiger partial charge on any atom is 0.133 e. The van der Waals surface area contributed by atoms with E-state index in [0.717, 1.165) is 29.2 Å². The SMILES string of the molecule is Cc1ccc(Cl)cc1Oc1cc(Cl)ccc1CNC(C)C. The molecule has 4 heteroatoms. The highest BCUT2D eigenvalue weighted by Gasteiger charge is 2.09. The summed E-state index contributed by atoms with van der Waals surface area (Å²) < 4.78 is 6.03. The van der Waals surface area contributed by atoms with Crippen molar-refractivity contribution >= 4 is 23.2 Å². The van der Waals surface area contributed by atoms with Gasteiger partial charge < -0.3 is 10.1 Å². The molecule has 2 aromatic carbocycles. The Bertz CT molecular complexity index is 626. The first-order valence-corrected chi connectivity index (χ1v) is 7.67. The maximum absolute atomic E-state index is 6.09. The minimum Gasteiger partial charge on any atom is -0.457 e. The lowest BCUT2D eigenvalue weighted by Crippen LogP contribution is -2.22. The second-order valence-electron chi connectivity index (χ2n) is 5.30. The van der Waals surface area contributed by atoms with Crippen LogP contribution in [0.15, 0.2) is 36.4 Å². The van der Waals surface area contributed by atoms with Gasteiger partial charge in [-0.1, -0.05) is 49.2 Å². The molecule has 0 aliphatic heterocycles. The van der Waals surface area contributed by atoms with Crippen LogP contribution in [0.1, 0.15) is 25.0 Å². The second-order valence-corrected chi connectivity index (χ2v) is 6.17. The Labute approximate surface area is 136 Å². The summed E-state index contributed by atoms with van der Waals surface area (Å²) in [5.74, 6) is 1.50. The lowest BCUT2D eigenvalue weighted by molar-refractivity contribution is 0.466. The van der Waals surface area contributed by atoms with Crippen LogP contribution in [0, 0.1) is 6.92 Å². The zero-order valence-electron chi connectivity index (χ0n) is 12.4. The Morgan fingerprint density at radius 2 is 1.62 bits per heavy atom. The van der Waals surface area contributed by atoms with E-state index in [9.17, 15) is 0 Å². The van der Waals surface area contributed by atoms with Crippen LogP contribution in [0.3, 0.4) is 0 Å². The fourth-order valence-electron chi connectivity index (χ4n) is 1.89. The first-order chi connectivity index (χ1) is 9.95. The first kappa shape index (κ1) is 16.2. The smallest absolute Gasteiger partial charge is 0.133 e. The van der Waals surface area contributed by atoms with E-state index in [-0.39, 0.29) is 0 Å². The van der Waals surface area contributed by atoms with Crippen molar-refractivity contribution in [2.75, 3.05) is 0 Å². The molecule has 0 aliphatic carbocycles. The minimum atomic E-state index is 0.404. The normalized spacial score (nSPS) is 11.0. The molecule has 2 rings (SSSR count). The standard InChI is InChI=1S/C17H19Cl2NO/c1-11(2)20-10-13-5-7-15(19)9-17(13)21-16-8-14(18)6-4-12(16)3/h4-9,11,20H,10H2,1-3H3. The Morgan fingerprint density at radius 1 is 1.00 bits per heavy atom. The van der Waals surface area contributed by atoms with Crippen molar-refractivity contribution in [3.8, 4) is 11.5 Å². The van der Waals surface area contributed by atoms with E-state index >= 15 is 0 Å². The summed E-state index contributed by atoms with van der Waals surface area (Å²) in [5, 5.41) is 4.69. The van der Waals surface area contributed by atoms with Crippen LogP contribution in [-0.2, 0) is 6.54 Å². The lowest BCUT2D eigenvalue weighted by Gasteiger charge is -2.15. The minimum absolute atomic E-state index is 0.404. The number of hydrogen-bond donors (Lipinski definition) is 1. The largest absolute Gasteiger partial charge is 0.457 e. The third kappa shape index (κ3) is 4.63. The summed E-state index contributed by atoms with van der Waals surface area (Å²) in [6, 6.07) is 11.7. The van der Waals surface area contributed by atoms with Crippen LogP contribution in [0.25, 0.3) is 0 Å². The first-order valence-electron chi connectivity index (χ1n) is 6.91. The summed E-state index contributed by atoms with van der Waals surface area (Å²) in [6.45, 7) is 6.93. The van der Waals surface area contributed by atoms with Crippen LogP contribution in [0.5, 0.6) is 11.5 Å². The van der Waals surface area contributed by atoms with Crippen LogP contribution < -0.4 is 10.1 Å². The molecule has 0 aliphatic rings. The lowest BCUT2D eigenvalue weighted by atomic mass is 10.1. The highest BCUT2D eigenvalue weighted by molar-refractivity contribution is 6.31. The third-order valence-electron chi connectivity index (χ3n) is 3.10. The molecule has 0 saturated heterocycles.